The van der Waals surface area contributed by atoms with Gasteiger partial charge in [-0.1, -0.05) is 11.6 Å². The molecule has 0 saturated heterocycles. The quantitative estimate of drug-likeness (QED) is 0.844. The zero-order valence-corrected chi connectivity index (χ0v) is 11.9. The van der Waals surface area contributed by atoms with Crippen LogP contribution in [-0.4, -0.2) is 40.1 Å². The van der Waals surface area contributed by atoms with Crippen LogP contribution in [0.4, 0.5) is 0 Å². The van der Waals surface area contributed by atoms with Crippen molar-refractivity contribution in [1.82, 2.24) is 9.88 Å². The number of aromatic nitrogens is 1. The Morgan fingerprint density at radius 3 is 2.79 bits per heavy atom. The van der Waals surface area contributed by atoms with E-state index in [0.717, 1.165) is 18.5 Å². The van der Waals surface area contributed by atoms with Crippen molar-refractivity contribution < 1.29 is 9.90 Å². The molecule has 1 aliphatic carbocycles. The number of hydrogen-bond donors (Lipinski definition) is 1. The maximum absolute atomic E-state index is 12.5. The van der Waals surface area contributed by atoms with Gasteiger partial charge < -0.3 is 10.0 Å². The van der Waals surface area contributed by atoms with Gasteiger partial charge in [0, 0.05) is 30.5 Å². The minimum atomic E-state index is -0.00875. The lowest BCUT2D eigenvalue weighted by Crippen LogP contribution is -2.45. The summed E-state index contributed by atoms with van der Waals surface area (Å²) < 4.78 is 0. The second kappa shape index (κ2) is 6.35. The molecule has 1 aliphatic rings. The van der Waals surface area contributed by atoms with Crippen molar-refractivity contribution in [3.05, 3.63) is 28.5 Å². The Morgan fingerprint density at radius 1 is 1.53 bits per heavy atom. The van der Waals surface area contributed by atoms with Crippen LogP contribution < -0.4 is 0 Å². The van der Waals surface area contributed by atoms with Crippen molar-refractivity contribution in [2.24, 2.45) is 0 Å². The molecule has 0 radical (unpaired) electrons. The molecule has 104 valence electrons. The van der Waals surface area contributed by atoms with E-state index in [2.05, 4.69) is 4.98 Å². The summed E-state index contributed by atoms with van der Waals surface area (Å²) >= 11 is 5.91. The number of halogens is 1. The molecule has 1 amide bonds. The zero-order chi connectivity index (χ0) is 13.8. The molecule has 1 saturated carbocycles. The van der Waals surface area contributed by atoms with Crippen LogP contribution in [0.15, 0.2) is 12.1 Å². The lowest BCUT2D eigenvalue weighted by atomic mass is 9.91. The maximum atomic E-state index is 12.5. The Bertz CT molecular complexity index is 441. The zero-order valence-electron chi connectivity index (χ0n) is 11.1. The van der Waals surface area contributed by atoms with Gasteiger partial charge >= 0.3 is 0 Å². The van der Waals surface area contributed by atoms with Crippen LogP contribution in [0.5, 0.6) is 0 Å². The third kappa shape index (κ3) is 3.45. The van der Waals surface area contributed by atoms with Crippen molar-refractivity contribution in [1.29, 1.82) is 0 Å². The van der Waals surface area contributed by atoms with Crippen LogP contribution in [0.1, 0.15) is 41.7 Å². The van der Waals surface area contributed by atoms with E-state index in [1.54, 1.807) is 12.1 Å². The standard InChI is InChI=1S/C14H19ClN2O2/c1-10-8-11(9-13(15)16-10)14(19)17(6-3-7-18)12-4-2-5-12/h8-9,12,18H,2-7H2,1H3. The molecule has 0 atom stereocenters. The van der Waals surface area contributed by atoms with Gasteiger partial charge in [0.1, 0.15) is 5.15 Å². The van der Waals surface area contributed by atoms with Crippen LogP contribution in [-0.2, 0) is 0 Å². The lowest BCUT2D eigenvalue weighted by molar-refractivity contribution is 0.0562. The van der Waals surface area contributed by atoms with Gasteiger partial charge in [0.2, 0.25) is 0 Å². The Kier molecular flexibility index (Phi) is 4.77. The molecule has 1 fully saturated rings. The van der Waals surface area contributed by atoms with Crippen LogP contribution in [0.3, 0.4) is 0 Å². The fraction of sp³-hybridized carbons (Fsp3) is 0.571. The first-order valence-corrected chi connectivity index (χ1v) is 7.05. The first kappa shape index (κ1) is 14.3. The molecule has 0 spiro atoms. The fourth-order valence-electron chi connectivity index (χ4n) is 2.31. The molecule has 0 aromatic carbocycles. The Hall–Kier alpha value is -1.13. The minimum absolute atomic E-state index is 0.00875. The highest BCUT2D eigenvalue weighted by molar-refractivity contribution is 6.29. The summed E-state index contributed by atoms with van der Waals surface area (Å²) in [5.74, 6) is -0.00875. The number of rotatable bonds is 5. The summed E-state index contributed by atoms with van der Waals surface area (Å²) in [4.78, 5) is 18.5. The van der Waals surface area contributed by atoms with Gasteiger partial charge in [-0.25, -0.2) is 4.98 Å². The lowest BCUT2D eigenvalue weighted by Gasteiger charge is -2.37. The Balaban J connectivity index is 2.17. The van der Waals surface area contributed by atoms with Gasteiger partial charge in [0.25, 0.3) is 5.91 Å². The topological polar surface area (TPSA) is 53.4 Å². The van der Waals surface area contributed by atoms with Crippen LogP contribution in [0.2, 0.25) is 5.15 Å². The number of pyridine rings is 1. The molecule has 1 aromatic heterocycles. The summed E-state index contributed by atoms with van der Waals surface area (Å²) in [5.41, 5.74) is 1.33. The van der Waals surface area contributed by atoms with Crippen molar-refractivity contribution in [3.8, 4) is 0 Å². The predicted octanol–water partition coefficient (Wildman–Crippen LogP) is 2.42. The van der Waals surface area contributed by atoms with E-state index in [-0.39, 0.29) is 12.5 Å². The van der Waals surface area contributed by atoms with E-state index < -0.39 is 0 Å². The number of hydrogen-bond acceptors (Lipinski definition) is 3. The highest BCUT2D eigenvalue weighted by Gasteiger charge is 2.29. The first-order chi connectivity index (χ1) is 9.11. The van der Waals surface area contributed by atoms with Gasteiger partial charge in [-0.3, -0.25) is 4.79 Å². The van der Waals surface area contributed by atoms with Gasteiger partial charge in [-0.05, 0) is 44.7 Å². The van der Waals surface area contributed by atoms with Crippen molar-refractivity contribution in [3.63, 3.8) is 0 Å². The summed E-state index contributed by atoms with van der Waals surface area (Å²) in [6.07, 6.45) is 3.88. The highest BCUT2D eigenvalue weighted by Crippen LogP contribution is 2.26. The molecule has 1 heterocycles. The average molecular weight is 283 g/mol. The highest BCUT2D eigenvalue weighted by atomic mass is 35.5. The first-order valence-electron chi connectivity index (χ1n) is 6.68. The smallest absolute Gasteiger partial charge is 0.254 e. The predicted molar refractivity (Wildman–Crippen MR) is 74.4 cm³/mol. The normalized spacial score (nSPS) is 15.1. The fourth-order valence-corrected chi connectivity index (χ4v) is 2.56. The Labute approximate surface area is 118 Å². The molecule has 0 unspecified atom stereocenters. The van der Waals surface area contributed by atoms with E-state index in [1.165, 1.54) is 6.42 Å². The number of aliphatic hydroxyl groups is 1. The van der Waals surface area contributed by atoms with Crippen molar-refractivity contribution in [2.45, 2.75) is 38.6 Å². The summed E-state index contributed by atoms with van der Waals surface area (Å²) in [6.45, 7) is 2.52. The van der Waals surface area contributed by atoms with Gasteiger partial charge in [0.05, 0.1) is 0 Å². The monoisotopic (exact) mass is 282 g/mol. The average Bonchev–Trinajstić information content (AvgIpc) is 2.29. The Morgan fingerprint density at radius 2 is 2.26 bits per heavy atom. The largest absolute Gasteiger partial charge is 0.396 e. The number of aliphatic hydroxyl groups excluding tert-OH is 1. The van der Waals surface area contributed by atoms with E-state index in [9.17, 15) is 4.79 Å². The molecular formula is C14H19ClN2O2. The van der Waals surface area contributed by atoms with Gasteiger partial charge in [0.15, 0.2) is 0 Å². The van der Waals surface area contributed by atoms with E-state index >= 15 is 0 Å². The molecule has 2 rings (SSSR count). The molecule has 5 heteroatoms. The number of carbonyl (C=O) groups is 1. The summed E-state index contributed by atoms with van der Waals surface area (Å²) in [6, 6.07) is 3.69. The molecule has 1 aromatic rings. The van der Waals surface area contributed by atoms with Gasteiger partial charge in [-0.2, -0.15) is 0 Å². The maximum Gasteiger partial charge on any atom is 0.254 e. The van der Waals surface area contributed by atoms with E-state index in [0.29, 0.717) is 29.7 Å². The molecular weight excluding hydrogens is 264 g/mol. The minimum Gasteiger partial charge on any atom is -0.396 e. The van der Waals surface area contributed by atoms with E-state index in [4.69, 9.17) is 16.7 Å². The number of carbonyl (C=O) groups excluding carboxylic acids is 1. The molecule has 19 heavy (non-hydrogen) atoms. The van der Waals surface area contributed by atoms with Crippen LogP contribution in [0.25, 0.3) is 0 Å². The van der Waals surface area contributed by atoms with Crippen LogP contribution >= 0.6 is 11.6 Å². The molecule has 1 N–H and O–H groups in total. The molecule has 4 nitrogen and oxygen atoms in total. The van der Waals surface area contributed by atoms with Crippen molar-refractivity contribution >= 4 is 17.5 Å². The number of aryl methyl sites for hydroxylation is 1. The van der Waals surface area contributed by atoms with E-state index in [1.807, 2.05) is 11.8 Å². The third-order valence-electron chi connectivity index (χ3n) is 3.50. The second-order valence-electron chi connectivity index (χ2n) is 4.98. The third-order valence-corrected chi connectivity index (χ3v) is 3.70. The molecule has 0 aliphatic heterocycles. The van der Waals surface area contributed by atoms with Gasteiger partial charge in [-0.15, -0.1) is 0 Å². The SMILES string of the molecule is Cc1cc(C(=O)N(CCCO)C2CCC2)cc(Cl)n1. The van der Waals surface area contributed by atoms with Crippen molar-refractivity contribution in [2.75, 3.05) is 13.2 Å². The van der Waals surface area contributed by atoms with Crippen LogP contribution in [0, 0.1) is 6.92 Å². The second-order valence-corrected chi connectivity index (χ2v) is 5.37. The summed E-state index contributed by atoms with van der Waals surface area (Å²) in [7, 11) is 0. The summed E-state index contributed by atoms with van der Waals surface area (Å²) in [5, 5.41) is 9.31. The molecule has 0 bridgehead atoms. The number of nitrogens with zero attached hydrogens (tertiary/aromatic N) is 2. The number of amides is 1.